The lowest BCUT2D eigenvalue weighted by Crippen LogP contribution is -2.38. The van der Waals surface area contributed by atoms with Gasteiger partial charge in [-0.15, -0.1) is 5.10 Å². The molecule has 11 heteroatoms. The quantitative estimate of drug-likeness (QED) is 0.377. The maximum atomic E-state index is 12.7. The van der Waals surface area contributed by atoms with Crippen molar-refractivity contribution in [2.45, 2.75) is 26.2 Å². The SMILES string of the molecule is CC1(C(=O)Nc2ccc(CCNc3nc(N)n4nc(-c5ccco5)nc4n3)cc2)CCOCC1. The number of hydrogen-bond acceptors (Lipinski definition) is 9. The number of fused-ring (bicyclic) bond motifs is 1. The minimum Gasteiger partial charge on any atom is -0.461 e. The number of hydrogen-bond donors (Lipinski definition) is 3. The van der Waals surface area contributed by atoms with Gasteiger partial charge in [0.1, 0.15) is 0 Å². The molecule has 1 amide bonds. The molecular weight excluding hydrogens is 436 g/mol. The summed E-state index contributed by atoms with van der Waals surface area (Å²) in [6.45, 7) is 3.84. The first-order valence-electron chi connectivity index (χ1n) is 11.2. The first-order chi connectivity index (χ1) is 16.5. The number of benzene rings is 1. The zero-order chi connectivity index (χ0) is 23.5. The largest absolute Gasteiger partial charge is 0.461 e. The molecule has 3 aromatic heterocycles. The molecular formula is C23H26N8O3. The van der Waals surface area contributed by atoms with Crippen LogP contribution >= 0.6 is 0 Å². The Hall–Kier alpha value is -3.99. The zero-order valence-corrected chi connectivity index (χ0v) is 18.8. The molecule has 176 valence electrons. The van der Waals surface area contributed by atoms with Gasteiger partial charge < -0.3 is 25.5 Å². The van der Waals surface area contributed by atoms with Crippen LogP contribution in [0.4, 0.5) is 17.6 Å². The summed E-state index contributed by atoms with van der Waals surface area (Å²) in [6.07, 6.45) is 3.76. The third kappa shape index (κ3) is 4.55. The highest BCUT2D eigenvalue weighted by Crippen LogP contribution is 2.31. The normalized spacial score (nSPS) is 15.3. The number of nitrogens with one attached hydrogen (secondary N) is 2. The van der Waals surface area contributed by atoms with Crippen LogP contribution < -0.4 is 16.4 Å². The predicted molar refractivity (Wildman–Crippen MR) is 126 cm³/mol. The van der Waals surface area contributed by atoms with Gasteiger partial charge in [-0.25, -0.2) is 0 Å². The van der Waals surface area contributed by atoms with E-state index >= 15 is 0 Å². The van der Waals surface area contributed by atoms with Crippen molar-refractivity contribution in [3.63, 3.8) is 0 Å². The number of nitrogens with zero attached hydrogens (tertiary/aromatic N) is 5. The highest BCUT2D eigenvalue weighted by molar-refractivity contribution is 5.95. The van der Waals surface area contributed by atoms with Gasteiger partial charge in [-0.3, -0.25) is 4.79 Å². The van der Waals surface area contributed by atoms with Crippen molar-refractivity contribution in [2.24, 2.45) is 5.41 Å². The van der Waals surface area contributed by atoms with Crippen LogP contribution in [0.3, 0.4) is 0 Å². The number of amides is 1. The average molecular weight is 463 g/mol. The number of nitrogen functional groups attached to an aromatic ring is 1. The Balaban J connectivity index is 1.17. The van der Waals surface area contributed by atoms with E-state index < -0.39 is 0 Å². The fraction of sp³-hybridized carbons (Fsp3) is 0.348. The van der Waals surface area contributed by atoms with Gasteiger partial charge in [-0.1, -0.05) is 19.1 Å². The summed E-state index contributed by atoms with van der Waals surface area (Å²) < 4.78 is 12.1. The third-order valence-electron chi connectivity index (χ3n) is 6.03. The smallest absolute Gasteiger partial charge is 0.259 e. The van der Waals surface area contributed by atoms with E-state index in [4.69, 9.17) is 14.9 Å². The van der Waals surface area contributed by atoms with Crippen LogP contribution in [0.25, 0.3) is 17.4 Å². The van der Waals surface area contributed by atoms with Crippen LogP contribution in [0.1, 0.15) is 25.3 Å². The summed E-state index contributed by atoms with van der Waals surface area (Å²) in [6, 6.07) is 11.4. The minimum absolute atomic E-state index is 0.0408. The second kappa shape index (κ2) is 9.10. The van der Waals surface area contributed by atoms with Gasteiger partial charge in [0.15, 0.2) is 5.76 Å². The fourth-order valence-corrected chi connectivity index (χ4v) is 3.80. The van der Waals surface area contributed by atoms with Crippen molar-refractivity contribution in [3.05, 3.63) is 48.2 Å². The maximum absolute atomic E-state index is 12.7. The topological polar surface area (TPSA) is 145 Å². The molecule has 1 saturated heterocycles. The molecule has 0 saturated carbocycles. The van der Waals surface area contributed by atoms with Crippen LogP contribution in [0.5, 0.6) is 0 Å². The lowest BCUT2D eigenvalue weighted by Gasteiger charge is -2.31. The lowest BCUT2D eigenvalue weighted by molar-refractivity contribution is -0.129. The van der Waals surface area contributed by atoms with E-state index in [2.05, 4.69) is 30.7 Å². The molecule has 4 N–H and O–H groups in total. The van der Waals surface area contributed by atoms with Gasteiger partial charge in [0.25, 0.3) is 5.78 Å². The highest BCUT2D eigenvalue weighted by atomic mass is 16.5. The molecule has 5 rings (SSSR count). The lowest BCUT2D eigenvalue weighted by atomic mass is 9.81. The highest BCUT2D eigenvalue weighted by Gasteiger charge is 2.35. The molecule has 1 aromatic carbocycles. The molecule has 4 aromatic rings. The summed E-state index contributed by atoms with van der Waals surface area (Å²) in [4.78, 5) is 25.7. The maximum Gasteiger partial charge on any atom is 0.259 e. The number of nitrogens with two attached hydrogens (primary N) is 1. The fourth-order valence-electron chi connectivity index (χ4n) is 3.80. The molecule has 1 aliphatic heterocycles. The van der Waals surface area contributed by atoms with Crippen molar-refractivity contribution in [1.29, 1.82) is 0 Å². The van der Waals surface area contributed by atoms with E-state index in [0.29, 0.717) is 43.1 Å². The monoisotopic (exact) mass is 462 g/mol. The Kier molecular flexibility index (Phi) is 5.84. The Labute approximate surface area is 195 Å². The Bertz CT molecular complexity index is 1280. The molecule has 34 heavy (non-hydrogen) atoms. The first kappa shape index (κ1) is 21.8. The molecule has 11 nitrogen and oxygen atoms in total. The summed E-state index contributed by atoms with van der Waals surface area (Å²) in [7, 11) is 0. The summed E-state index contributed by atoms with van der Waals surface area (Å²) in [5, 5.41) is 10.5. The van der Waals surface area contributed by atoms with Crippen molar-refractivity contribution in [1.82, 2.24) is 24.6 Å². The number of anilines is 3. The second-order valence-electron chi connectivity index (χ2n) is 8.53. The Morgan fingerprint density at radius 3 is 2.68 bits per heavy atom. The van der Waals surface area contributed by atoms with E-state index in [1.165, 1.54) is 4.52 Å². The number of carbonyl (C=O) groups is 1. The van der Waals surface area contributed by atoms with Gasteiger partial charge in [0, 0.05) is 25.4 Å². The van der Waals surface area contributed by atoms with Crippen molar-refractivity contribution in [2.75, 3.05) is 36.1 Å². The van der Waals surface area contributed by atoms with E-state index in [1.807, 2.05) is 31.2 Å². The zero-order valence-electron chi connectivity index (χ0n) is 18.8. The Morgan fingerprint density at radius 2 is 1.94 bits per heavy atom. The van der Waals surface area contributed by atoms with Crippen LogP contribution in [-0.2, 0) is 16.0 Å². The molecule has 0 bridgehead atoms. The number of aromatic nitrogens is 5. The van der Waals surface area contributed by atoms with Crippen molar-refractivity contribution >= 4 is 29.3 Å². The molecule has 4 heterocycles. The summed E-state index contributed by atoms with van der Waals surface area (Å²) in [5.74, 6) is 1.84. The van der Waals surface area contributed by atoms with Crippen molar-refractivity contribution < 1.29 is 13.9 Å². The van der Waals surface area contributed by atoms with E-state index in [9.17, 15) is 4.79 Å². The Morgan fingerprint density at radius 1 is 1.15 bits per heavy atom. The summed E-state index contributed by atoms with van der Waals surface area (Å²) in [5.41, 5.74) is 7.54. The van der Waals surface area contributed by atoms with E-state index in [1.54, 1.807) is 18.4 Å². The molecule has 0 unspecified atom stereocenters. The van der Waals surface area contributed by atoms with Crippen LogP contribution in [0, 0.1) is 5.41 Å². The van der Waals surface area contributed by atoms with Gasteiger partial charge in [0.05, 0.1) is 11.7 Å². The first-order valence-corrected chi connectivity index (χ1v) is 11.2. The third-order valence-corrected chi connectivity index (χ3v) is 6.03. The van der Waals surface area contributed by atoms with E-state index in [-0.39, 0.29) is 17.3 Å². The predicted octanol–water partition coefficient (Wildman–Crippen LogP) is 2.77. The summed E-state index contributed by atoms with van der Waals surface area (Å²) >= 11 is 0. The molecule has 0 radical (unpaired) electrons. The number of carbonyl (C=O) groups excluding carboxylic acids is 1. The van der Waals surface area contributed by atoms with Gasteiger partial charge in [0.2, 0.25) is 23.6 Å². The van der Waals surface area contributed by atoms with Crippen LogP contribution in [-0.4, -0.2) is 50.2 Å². The standard InChI is InChI=1S/C23H26N8O3/c1-23(9-13-33-14-10-23)19(32)26-16-6-4-15(5-7-16)8-11-25-21-28-20(24)31-22(29-21)27-18(30-31)17-3-2-12-34-17/h2-7,12H,8-11,13-14H2,1H3,(H,26,32)(H3,24,25,27,28,29,30). The number of rotatable bonds is 7. The molecule has 1 fully saturated rings. The van der Waals surface area contributed by atoms with E-state index in [0.717, 1.165) is 30.5 Å². The van der Waals surface area contributed by atoms with Gasteiger partial charge in [-0.05, 0) is 49.1 Å². The number of furan rings is 1. The second-order valence-corrected chi connectivity index (χ2v) is 8.53. The van der Waals surface area contributed by atoms with Gasteiger partial charge in [-0.2, -0.15) is 19.5 Å². The molecule has 0 aliphatic carbocycles. The molecule has 0 spiro atoms. The van der Waals surface area contributed by atoms with Crippen molar-refractivity contribution in [3.8, 4) is 11.6 Å². The average Bonchev–Trinajstić information content (AvgIpc) is 3.51. The van der Waals surface area contributed by atoms with Crippen LogP contribution in [0.2, 0.25) is 0 Å². The minimum atomic E-state index is -0.382. The van der Waals surface area contributed by atoms with Crippen LogP contribution in [0.15, 0.2) is 47.1 Å². The molecule has 0 atom stereocenters. The number of ether oxygens (including phenoxy) is 1. The van der Waals surface area contributed by atoms with Gasteiger partial charge >= 0.3 is 0 Å². The molecule has 1 aliphatic rings.